The lowest BCUT2D eigenvalue weighted by Gasteiger charge is -2.13. The predicted octanol–water partition coefficient (Wildman–Crippen LogP) is 5.52. The van der Waals surface area contributed by atoms with Gasteiger partial charge in [-0.05, 0) is 70.3 Å². The molecular weight excluding hydrogens is 396 g/mol. The zero-order valence-electron chi connectivity index (χ0n) is 17.9. The SMILES string of the molecule is CC(C)c1cc(-c2cccc(C=C(c3ccccn3)c3nn[nH]n3)c2)c2ncccc2c1. The Hall–Kier alpha value is -4.19. The van der Waals surface area contributed by atoms with Crippen LogP contribution in [0.15, 0.2) is 79.1 Å². The molecule has 0 unspecified atom stereocenters. The van der Waals surface area contributed by atoms with Crippen molar-refractivity contribution in [1.82, 2.24) is 30.6 Å². The summed E-state index contributed by atoms with van der Waals surface area (Å²) in [4.78, 5) is 9.16. The van der Waals surface area contributed by atoms with E-state index in [-0.39, 0.29) is 0 Å². The van der Waals surface area contributed by atoms with Gasteiger partial charge in [-0.3, -0.25) is 9.97 Å². The highest BCUT2D eigenvalue weighted by molar-refractivity contribution is 5.95. The smallest absolute Gasteiger partial charge is 0.206 e. The average molecular weight is 419 g/mol. The molecule has 5 aromatic rings. The molecule has 6 heteroatoms. The van der Waals surface area contributed by atoms with Crippen molar-refractivity contribution in [3.8, 4) is 11.1 Å². The van der Waals surface area contributed by atoms with Crippen molar-refractivity contribution in [1.29, 1.82) is 0 Å². The minimum absolute atomic E-state index is 0.426. The molecule has 0 saturated carbocycles. The van der Waals surface area contributed by atoms with E-state index in [1.807, 2.05) is 36.5 Å². The molecule has 0 aliphatic rings. The first-order valence-corrected chi connectivity index (χ1v) is 10.5. The normalized spacial score (nSPS) is 11.9. The van der Waals surface area contributed by atoms with E-state index in [0.29, 0.717) is 11.7 Å². The first kappa shape index (κ1) is 19.8. The Morgan fingerprint density at radius 3 is 2.59 bits per heavy atom. The van der Waals surface area contributed by atoms with Crippen molar-refractivity contribution >= 4 is 22.6 Å². The number of benzene rings is 2. The Labute approximate surface area is 186 Å². The maximum absolute atomic E-state index is 4.68. The second-order valence-electron chi connectivity index (χ2n) is 7.93. The molecule has 0 aliphatic heterocycles. The summed E-state index contributed by atoms with van der Waals surface area (Å²) < 4.78 is 0. The fourth-order valence-electron chi connectivity index (χ4n) is 3.78. The van der Waals surface area contributed by atoms with Gasteiger partial charge >= 0.3 is 0 Å². The van der Waals surface area contributed by atoms with E-state index in [1.165, 1.54) is 5.56 Å². The van der Waals surface area contributed by atoms with Gasteiger partial charge in [0.2, 0.25) is 5.82 Å². The summed E-state index contributed by atoms with van der Waals surface area (Å²) in [5.74, 6) is 0.929. The molecule has 0 fully saturated rings. The zero-order valence-corrected chi connectivity index (χ0v) is 17.9. The number of aromatic nitrogens is 6. The first-order chi connectivity index (χ1) is 15.7. The number of aromatic amines is 1. The summed E-state index contributed by atoms with van der Waals surface area (Å²) in [6.45, 7) is 4.43. The second kappa shape index (κ2) is 8.51. The van der Waals surface area contributed by atoms with Crippen LogP contribution >= 0.6 is 0 Å². The largest absolute Gasteiger partial charge is 0.256 e. The van der Waals surface area contributed by atoms with E-state index in [0.717, 1.165) is 38.9 Å². The van der Waals surface area contributed by atoms with Crippen molar-refractivity contribution in [3.63, 3.8) is 0 Å². The van der Waals surface area contributed by atoms with Gasteiger partial charge in [-0.1, -0.05) is 44.2 Å². The highest BCUT2D eigenvalue weighted by Gasteiger charge is 2.13. The van der Waals surface area contributed by atoms with E-state index in [2.05, 4.69) is 86.9 Å². The lowest BCUT2D eigenvalue weighted by molar-refractivity contribution is 0.869. The van der Waals surface area contributed by atoms with Gasteiger partial charge in [-0.25, -0.2) is 0 Å². The minimum atomic E-state index is 0.426. The summed E-state index contributed by atoms with van der Waals surface area (Å²) in [5.41, 5.74) is 7.14. The van der Waals surface area contributed by atoms with Crippen LogP contribution in [0.1, 0.15) is 42.4 Å². The quantitative estimate of drug-likeness (QED) is 0.406. The fourth-order valence-corrected chi connectivity index (χ4v) is 3.78. The summed E-state index contributed by atoms with van der Waals surface area (Å²) in [6.07, 6.45) is 5.65. The molecule has 1 N–H and O–H groups in total. The Kier molecular flexibility index (Phi) is 5.25. The van der Waals surface area contributed by atoms with Crippen LogP contribution < -0.4 is 0 Å². The van der Waals surface area contributed by atoms with Crippen molar-refractivity contribution in [2.75, 3.05) is 0 Å². The van der Waals surface area contributed by atoms with Crippen LogP contribution in [0.3, 0.4) is 0 Å². The molecule has 3 heterocycles. The summed E-state index contributed by atoms with van der Waals surface area (Å²) >= 11 is 0. The molecule has 0 amide bonds. The number of tetrazole rings is 1. The minimum Gasteiger partial charge on any atom is -0.256 e. The molecule has 156 valence electrons. The fraction of sp³-hybridized carbons (Fsp3) is 0.115. The van der Waals surface area contributed by atoms with Crippen LogP contribution in [-0.2, 0) is 0 Å². The van der Waals surface area contributed by atoms with Gasteiger partial charge < -0.3 is 0 Å². The maximum Gasteiger partial charge on any atom is 0.206 e. The van der Waals surface area contributed by atoms with Crippen molar-refractivity contribution < 1.29 is 0 Å². The van der Waals surface area contributed by atoms with Crippen molar-refractivity contribution in [3.05, 3.63) is 102 Å². The third-order valence-corrected chi connectivity index (χ3v) is 5.43. The molecule has 5 rings (SSSR count). The number of nitrogens with zero attached hydrogens (tertiary/aromatic N) is 5. The number of fused-ring (bicyclic) bond motifs is 1. The van der Waals surface area contributed by atoms with Gasteiger partial charge in [-0.15, -0.1) is 10.2 Å². The molecule has 0 bridgehead atoms. The van der Waals surface area contributed by atoms with Gasteiger partial charge in [-0.2, -0.15) is 5.21 Å². The van der Waals surface area contributed by atoms with E-state index in [1.54, 1.807) is 6.20 Å². The number of hydrogen-bond acceptors (Lipinski definition) is 5. The molecule has 0 spiro atoms. The maximum atomic E-state index is 4.68. The number of nitrogens with one attached hydrogen (secondary N) is 1. The topological polar surface area (TPSA) is 80.2 Å². The number of hydrogen-bond donors (Lipinski definition) is 1. The molecular formula is C26H22N6. The lowest BCUT2D eigenvalue weighted by Crippen LogP contribution is -1.95. The third kappa shape index (κ3) is 3.90. The van der Waals surface area contributed by atoms with Gasteiger partial charge in [0, 0.05) is 28.9 Å². The van der Waals surface area contributed by atoms with Gasteiger partial charge in [0.05, 0.1) is 11.2 Å². The molecule has 0 aliphatic carbocycles. The molecule has 0 saturated heterocycles. The molecule has 3 aromatic heterocycles. The number of rotatable bonds is 5. The summed E-state index contributed by atoms with van der Waals surface area (Å²) in [5, 5.41) is 15.8. The van der Waals surface area contributed by atoms with Crippen LogP contribution in [0.4, 0.5) is 0 Å². The lowest BCUT2D eigenvalue weighted by atomic mass is 9.93. The zero-order chi connectivity index (χ0) is 21.9. The van der Waals surface area contributed by atoms with Crippen LogP contribution in [0.2, 0.25) is 0 Å². The Morgan fingerprint density at radius 1 is 0.906 bits per heavy atom. The first-order valence-electron chi connectivity index (χ1n) is 10.5. The van der Waals surface area contributed by atoms with E-state index in [9.17, 15) is 0 Å². The third-order valence-electron chi connectivity index (χ3n) is 5.43. The summed E-state index contributed by atoms with van der Waals surface area (Å²) in [6, 6.07) is 22.8. The highest BCUT2D eigenvalue weighted by atomic mass is 15.5. The monoisotopic (exact) mass is 418 g/mol. The Bertz CT molecular complexity index is 1390. The number of H-pyrrole nitrogens is 1. The van der Waals surface area contributed by atoms with Crippen molar-refractivity contribution in [2.24, 2.45) is 0 Å². The van der Waals surface area contributed by atoms with E-state index in [4.69, 9.17) is 0 Å². The highest BCUT2D eigenvalue weighted by Crippen LogP contribution is 2.32. The Balaban J connectivity index is 1.66. The van der Waals surface area contributed by atoms with Gasteiger partial charge in [0.15, 0.2) is 0 Å². The second-order valence-corrected chi connectivity index (χ2v) is 7.93. The average Bonchev–Trinajstić information content (AvgIpc) is 3.37. The predicted molar refractivity (Wildman–Crippen MR) is 127 cm³/mol. The number of pyridine rings is 2. The Morgan fingerprint density at radius 2 is 1.81 bits per heavy atom. The van der Waals surface area contributed by atoms with E-state index < -0.39 is 0 Å². The molecule has 0 atom stereocenters. The van der Waals surface area contributed by atoms with E-state index >= 15 is 0 Å². The van der Waals surface area contributed by atoms with Crippen LogP contribution in [0.25, 0.3) is 33.7 Å². The van der Waals surface area contributed by atoms with Crippen LogP contribution in [-0.4, -0.2) is 30.6 Å². The molecule has 6 nitrogen and oxygen atoms in total. The standard InChI is InChI=1S/C26H22N6/c1-17(2)21-15-20-9-6-12-28-25(20)22(16-21)19-8-5-7-18(13-19)14-23(26-29-31-32-30-26)24-10-3-4-11-27-24/h3-17H,1-2H3,(H,29,30,31,32). The molecule has 0 radical (unpaired) electrons. The molecule has 32 heavy (non-hydrogen) atoms. The van der Waals surface area contributed by atoms with Crippen LogP contribution in [0, 0.1) is 0 Å². The summed E-state index contributed by atoms with van der Waals surface area (Å²) in [7, 11) is 0. The van der Waals surface area contributed by atoms with Crippen LogP contribution in [0.5, 0.6) is 0 Å². The van der Waals surface area contributed by atoms with Gasteiger partial charge in [0.25, 0.3) is 0 Å². The van der Waals surface area contributed by atoms with Gasteiger partial charge in [0.1, 0.15) is 0 Å². The van der Waals surface area contributed by atoms with Crippen molar-refractivity contribution in [2.45, 2.75) is 19.8 Å². The molecule has 2 aromatic carbocycles.